The summed E-state index contributed by atoms with van der Waals surface area (Å²) in [7, 11) is -3.57. The fraction of sp³-hybridized carbons (Fsp3) is 0.368. The number of nitrogens with one attached hydrogen (secondary N) is 1. The Kier molecular flexibility index (Phi) is 5.81. The van der Waals surface area contributed by atoms with Crippen molar-refractivity contribution in [3.63, 3.8) is 0 Å². The number of sulfonamides is 1. The first-order valence-corrected chi connectivity index (χ1v) is 11.0. The van der Waals surface area contributed by atoms with E-state index in [-0.39, 0.29) is 10.9 Å². The molecule has 1 aliphatic rings. The van der Waals surface area contributed by atoms with Crippen LogP contribution < -0.4 is 9.46 Å². The normalized spacial score (nSPS) is 15.8. The zero-order chi connectivity index (χ0) is 17.9. The highest BCUT2D eigenvalue weighted by atomic mass is 79.9. The van der Waals surface area contributed by atoms with Crippen LogP contribution in [-0.2, 0) is 15.4 Å². The lowest BCUT2D eigenvalue weighted by molar-refractivity contribution is 0.299. The Labute approximate surface area is 157 Å². The lowest BCUT2D eigenvalue weighted by atomic mass is 10.1. The van der Waals surface area contributed by atoms with E-state index in [0.717, 1.165) is 23.5 Å². The SMILES string of the molecule is C[C@@H](NS(=O)(=O)c1ccc(CBr)cc1)c1cccc(OCC2CC2)c1. The van der Waals surface area contributed by atoms with Gasteiger partial charge in [-0.25, -0.2) is 13.1 Å². The van der Waals surface area contributed by atoms with Crippen LogP contribution in [0.25, 0.3) is 0 Å². The van der Waals surface area contributed by atoms with Crippen LogP contribution in [0.5, 0.6) is 5.75 Å². The first kappa shape index (κ1) is 18.4. The van der Waals surface area contributed by atoms with Gasteiger partial charge in [0.15, 0.2) is 0 Å². The third-order valence-corrected chi connectivity index (χ3v) is 6.46. The van der Waals surface area contributed by atoms with Gasteiger partial charge in [-0.15, -0.1) is 0 Å². The van der Waals surface area contributed by atoms with Crippen molar-refractivity contribution in [2.24, 2.45) is 5.92 Å². The molecule has 1 saturated carbocycles. The maximum atomic E-state index is 12.6. The highest BCUT2D eigenvalue weighted by molar-refractivity contribution is 9.08. The minimum atomic E-state index is -3.57. The molecule has 2 aromatic rings. The Morgan fingerprint density at radius 2 is 1.92 bits per heavy atom. The lowest BCUT2D eigenvalue weighted by Gasteiger charge is -2.16. The number of rotatable bonds is 8. The third kappa shape index (κ3) is 5.06. The maximum absolute atomic E-state index is 12.6. The van der Waals surface area contributed by atoms with E-state index in [4.69, 9.17) is 4.74 Å². The molecule has 1 N–H and O–H groups in total. The predicted octanol–water partition coefficient (Wildman–Crippen LogP) is 4.41. The van der Waals surface area contributed by atoms with Crippen LogP contribution in [-0.4, -0.2) is 15.0 Å². The average molecular weight is 424 g/mol. The van der Waals surface area contributed by atoms with Gasteiger partial charge in [0.25, 0.3) is 0 Å². The number of ether oxygens (including phenoxy) is 1. The van der Waals surface area contributed by atoms with Crippen molar-refractivity contribution in [1.29, 1.82) is 0 Å². The minimum absolute atomic E-state index is 0.269. The molecule has 2 aromatic carbocycles. The summed E-state index contributed by atoms with van der Waals surface area (Å²) in [5, 5.41) is 0.699. The van der Waals surface area contributed by atoms with Crippen molar-refractivity contribution in [3.05, 3.63) is 59.7 Å². The summed E-state index contributed by atoms with van der Waals surface area (Å²) in [6.07, 6.45) is 2.48. The Balaban J connectivity index is 1.69. The van der Waals surface area contributed by atoms with E-state index in [1.165, 1.54) is 12.8 Å². The topological polar surface area (TPSA) is 55.4 Å². The standard InChI is InChI=1S/C19H22BrNO3S/c1-14(17-3-2-4-18(11-17)24-13-16-5-6-16)21-25(22,23)19-9-7-15(12-20)8-10-19/h2-4,7-11,14,16,21H,5-6,12-13H2,1H3/t14-/m1/s1. The second-order valence-corrected chi connectivity index (χ2v) is 8.72. The lowest BCUT2D eigenvalue weighted by Crippen LogP contribution is -2.26. The Morgan fingerprint density at radius 1 is 1.20 bits per heavy atom. The van der Waals surface area contributed by atoms with Gasteiger partial charge >= 0.3 is 0 Å². The molecule has 0 aromatic heterocycles. The average Bonchev–Trinajstić information content (AvgIpc) is 3.44. The quantitative estimate of drug-likeness (QED) is 0.639. The Hall–Kier alpha value is -1.37. The molecule has 4 nitrogen and oxygen atoms in total. The van der Waals surface area contributed by atoms with Gasteiger partial charge in [-0.2, -0.15) is 0 Å². The molecular formula is C19H22BrNO3S. The van der Waals surface area contributed by atoms with E-state index >= 15 is 0 Å². The van der Waals surface area contributed by atoms with Gasteiger partial charge in [-0.1, -0.05) is 40.2 Å². The summed E-state index contributed by atoms with van der Waals surface area (Å²) >= 11 is 3.36. The summed E-state index contributed by atoms with van der Waals surface area (Å²) in [6, 6.07) is 14.1. The first-order chi connectivity index (χ1) is 12.0. The van der Waals surface area contributed by atoms with Crippen LogP contribution in [0.15, 0.2) is 53.4 Å². The molecular weight excluding hydrogens is 402 g/mol. The van der Waals surface area contributed by atoms with Gasteiger partial charge in [-0.05, 0) is 61.1 Å². The number of hydrogen-bond acceptors (Lipinski definition) is 3. The van der Waals surface area contributed by atoms with Gasteiger partial charge in [0.1, 0.15) is 5.75 Å². The van der Waals surface area contributed by atoms with Gasteiger partial charge in [0.05, 0.1) is 11.5 Å². The van der Waals surface area contributed by atoms with Crippen molar-refractivity contribution >= 4 is 26.0 Å². The van der Waals surface area contributed by atoms with Gasteiger partial charge in [0, 0.05) is 11.4 Å². The summed E-state index contributed by atoms with van der Waals surface area (Å²) in [5.41, 5.74) is 1.92. The molecule has 0 amide bonds. The molecule has 0 unspecified atom stereocenters. The molecule has 1 fully saturated rings. The molecule has 0 saturated heterocycles. The summed E-state index contributed by atoms with van der Waals surface area (Å²) in [6.45, 7) is 2.58. The van der Waals surface area contributed by atoms with E-state index in [1.54, 1.807) is 24.3 Å². The van der Waals surface area contributed by atoms with E-state index in [2.05, 4.69) is 20.7 Å². The van der Waals surface area contributed by atoms with Gasteiger partial charge in [0.2, 0.25) is 10.0 Å². The second kappa shape index (κ2) is 7.89. The predicted molar refractivity (Wildman–Crippen MR) is 102 cm³/mol. The van der Waals surface area contributed by atoms with Crippen LogP contribution >= 0.6 is 15.9 Å². The minimum Gasteiger partial charge on any atom is -0.493 e. The fourth-order valence-electron chi connectivity index (χ4n) is 2.50. The van der Waals surface area contributed by atoms with Crippen molar-refractivity contribution in [1.82, 2.24) is 4.72 Å². The van der Waals surface area contributed by atoms with Crippen molar-refractivity contribution < 1.29 is 13.2 Å². The summed E-state index contributed by atoms with van der Waals surface area (Å²) in [4.78, 5) is 0.269. The number of alkyl halides is 1. The number of halogens is 1. The van der Waals surface area contributed by atoms with Crippen LogP contribution in [0.1, 0.15) is 36.9 Å². The molecule has 1 aliphatic carbocycles. The van der Waals surface area contributed by atoms with Crippen LogP contribution in [0.3, 0.4) is 0 Å². The summed E-state index contributed by atoms with van der Waals surface area (Å²) < 4.78 is 33.7. The second-order valence-electron chi connectivity index (χ2n) is 6.45. The molecule has 0 bridgehead atoms. The monoisotopic (exact) mass is 423 g/mol. The number of hydrogen-bond donors (Lipinski definition) is 1. The number of benzene rings is 2. The highest BCUT2D eigenvalue weighted by Crippen LogP contribution is 2.30. The van der Waals surface area contributed by atoms with Crippen molar-refractivity contribution in [2.45, 2.75) is 36.0 Å². The van der Waals surface area contributed by atoms with E-state index < -0.39 is 10.0 Å². The summed E-state index contributed by atoms with van der Waals surface area (Å²) in [5.74, 6) is 1.47. The molecule has 3 rings (SSSR count). The van der Waals surface area contributed by atoms with Crippen LogP contribution in [0.2, 0.25) is 0 Å². The smallest absolute Gasteiger partial charge is 0.241 e. The molecule has 134 valence electrons. The van der Waals surface area contributed by atoms with Crippen LogP contribution in [0.4, 0.5) is 0 Å². The molecule has 25 heavy (non-hydrogen) atoms. The maximum Gasteiger partial charge on any atom is 0.241 e. The van der Waals surface area contributed by atoms with Gasteiger partial charge < -0.3 is 4.74 Å². The van der Waals surface area contributed by atoms with Gasteiger partial charge in [-0.3, -0.25) is 0 Å². The van der Waals surface area contributed by atoms with Crippen molar-refractivity contribution in [2.75, 3.05) is 6.61 Å². The zero-order valence-corrected chi connectivity index (χ0v) is 16.5. The molecule has 0 heterocycles. The molecule has 0 aliphatic heterocycles. The largest absolute Gasteiger partial charge is 0.493 e. The third-order valence-electron chi connectivity index (χ3n) is 4.26. The highest BCUT2D eigenvalue weighted by Gasteiger charge is 2.22. The molecule has 0 spiro atoms. The van der Waals surface area contributed by atoms with Crippen molar-refractivity contribution in [3.8, 4) is 5.75 Å². The van der Waals surface area contributed by atoms with E-state index in [9.17, 15) is 8.42 Å². The first-order valence-electron chi connectivity index (χ1n) is 8.38. The Morgan fingerprint density at radius 3 is 2.56 bits per heavy atom. The molecule has 1 atom stereocenters. The fourth-order valence-corrected chi connectivity index (χ4v) is 4.10. The zero-order valence-electron chi connectivity index (χ0n) is 14.1. The molecule has 6 heteroatoms. The molecule has 0 radical (unpaired) electrons. The van der Waals surface area contributed by atoms with Crippen LogP contribution in [0, 0.1) is 5.92 Å². The Bertz CT molecular complexity index is 817. The van der Waals surface area contributed by atoms with E-state index in [1.807, 2.05) is 31.2 Å². The van der Waals surface area contributed by atoms with E-state index in [0.29, 0.717) is 11.2 Å².